The second-order valence-electron chi connectivity index (χ2n) is 3.85. The molecule has 15 heavy (non-hydrogen) atoms. The zero-order valence-electron chi connectivity index (χ0n) is 9.40. The van der Waals surface area contributed by atoms with Gasteiger partial charge in [-0.3, -0.25) is 9.78 Å². The van der Waals surface area contributed by atoms with Crippen LogP contribution >= 0.6 is 0 Å². The number of hydrogen-bond acceptors (Lipinski definition) is 3. The van der Waals surface area contributed by atoms with E-state index in [2.05, 4.69) is 4.98 Å². The third-order valence-electron chi connectivity index (χ3n) is 2.07. The summed E-state index contributed by atoms with van der Waals surface area (Å²) in [5.41, 5.74) is 7.13. The number of nitrogens with two attached hydrogens (primary N) is 1. The van der Waals surface area contributed by atoms with Crippen LogP contribution in [0, 0.1) is 6.92 Å². The second kappa shape index (κ2) is 4.89. The van der Waals surface area contributed by atoms with Gasteiger partial charge in [0.2, 0.25) is 0 Å². The zero-order chi connectivity index (χ0) is 11.4. The van der Waals surface area contributed by atoms with Crippen molar-refractivity contribution in [2.24, 2.45) is 5.73 Å². The lowest BCUT2D eigenvalue weighted by Crippen LogP contribution is -2.36. The fraction of sp³-hybridized carbons (Fsp3) is 0.455. The minimum absolute atomic E-state index is 0.0163. The molecule has 0 saturated carbocycles. The predicted octanol–water partition coefficient (Wildman–Crippen LogP) is 0.809. The summed E-state index contributed by atoms with van der Waals surface area (Å²) in [6.45, 7) is 4.31. The van der Waals surface area contributed by atoms with Crippen molar-refractivity contribution >= 4 is 5.91 Å². The van der Waals surface area contributed by atoms with Gasteiger partial charge in [0.15, 0.2) is 0 Å². The van der Waals surface area contributed by atoms with Crippen molar-refractivity contribution < 1.29 is 4.79 Å². The molecule has 1 aromatic heterocycles. The van der Waals surface area contributed by atoms with Gasteiger partial charge in [0.05, 0.1) is 5.56 Å². The third-order valence-corrected chi connectivity index (χ3v) is 2.07. The van der Waals surface area contributed by atoms with Gasteiger partial charge in [-0.05, 0) is 26.0 Å². The summed E-state index contributed by atoms with van der Waals surface area (Å²) in [5, 5.41) is 0. The number of carbonyl (C=O) groups is 1. The van der Waals surface area contributed by atoms with E-state index in [1.54, 1.807) is 24.2 Å². The number of pyridine rings is 1. The molecule has 0 aromatic carbocycles. The highest BCUT2D eigenvalue weighted by atomic mass is 16.2. The van der Waals surface area contributed by atoms with E-state index in [1.165, 1.54) is 0 Å². The highest BCUT2D eigenvalue weighted by molar-refractivity contribution is 5.93. The molecule has 1 rings (SSSR count). The second-order valence-corrected chi connectivity index (χ2v) is 3.85. The number of aryl methyl sites for hydroxylation is 1. The van der Waals surface area contributed by atoms with E-state index in [4.69, 9.17) is 5.73 Å². The molecular weight excluding hydrogens is 190 g/mol. The fourth-order valence-electron chi connectivity index (χ4n) is 1.33. The van der Waals surface area contributed by atoms with Gasteiger partial charge >= 0.3 is 0 Å². The van der Waals surface area contributed by atoms with Crippen molar-refractivity contribution in [3.8, 4) is 0 Å². The molecule has 0 radical (unpaired) electrons. The van der Waals surface area contributed by atoms with Crippen molar-refractivity contribution in [1.82, 2.24) is 9.88 Å². The van der Waals surface area contributed by atoms with Crippen LogP contribution in [0.25, 0.3) is 0 Å². The van der Waals surface area contributed by atoms with Crippen LogP contribution < -0.4 is 5.73 Å². The van der Waals surface area contributed by atoms with Crippen LogP contribution in [0.4, 0.5) is 0 Å². The molecule has 0 aliphatic carbocycles. The largest absolute Gasteiger partial charge is 0.340 e. The number of aromatic nitrogens is 1. The van der Waals surface area contributed by atoms with Crippen molar-refractivity contribution in [2.75, 3.05) is 13.6 Å². The molecule has 4 nitrogen and oxygen atoms in total. The molecule has 1 atom stereocenters. The first-order chi connectivity index (χ1) is 7.00. The highest BCUT2D eigenvalue weighted by Gasteiger charge is 2.12. The van der Waals surface area contributed by atoms with Crippen molar-refractivity contribution in [3.05, 3.63) is 29.6 Å². The Kier molecular flexibility index (Phi) is 3.80. The van der Waals surface area contributed by atoms with Crippen LogP contribution in [0.1, 0.15) is 23.0 Å². The SMILES string of the molecule is Cc1ccc(C(=O)N(C)CC(C)N)cn1. The molecule has 0 aliphatic rings. The van der Waals surface area contributed by atoms with Gasteiger partial charge in [-0.1, -0.05) is 0 Å². The van der Waals surface area contributed by atoms with E-state index in [1.807, 2.05) is 19.9 Å². The summed E-state index contributed by atoms with van der Waals surface area (Å²) in [4.78, 5) is 17.5. The monoisotopic (exact) mass is 207 g/mol. The summed E-state index contributed by atoms with van der Waals surface area (Å²) in [6, 6.07) is 3.59. The summed E-state index contributed by atoms with van der Waals surface area (Å²) in [7, 11) is 1.74. The molecule has 1 aromatic rings. The molecular formula is C11H17N3O. The number of amides is 1. The minimum Gasteiger partial charge on any atom is -0.340 e. The summed E-state index contributed by atoms with van der Waals surface area (Å²) in [6.07, 6.45) is 1.59. The van der Waals surface area contributed by atoms with E-state index >= 15 is 0 Å². The van der Waals surface area contributed by atoms with Crippen LogP contribution in [0.15, 0.2) is 18.3 Å². The first-order valence-electron chi connectivity index (χ1n) is 4.94. The van der Waals surface area contributed by atoms with Gasteiger partial charge in [-0.15, -0.1) is 0 Å². The van der Waals surface area contributed by atoms with E-state index in [0.717, 1.165) is 5.69 Å². The van der Waals surface area contributed by atoms with Crippen LogP contribution in [-0.4, -0.2) is 35.4 Å². The normalized spacial score (nSPS) is 12.3. The fourth-order valence-corrected chi connectivity index (χ4v) is 1.33. The first kappa shape index (κ1) is 11.7. The Labute approximate surface area is 90.1 Å². The highest BCUT2D eigenvalue weighted by Crippen LogP contribution is 2.03. The lowest BCUT2D eigenvalue weighted by molar-refractivity contribution is 0.0788. The molecule has 0 spiro atoms. The first-order valence-corrected chi connectivity index (χ1v) is 4.94. The summed E-state index contributed by atoms with van der Waals surface area (Å²) < 4.78 is 0. The Balaban J connectivity index is 2.72. The van der Waals surface area contributed by atoms with E-state index < -0.39 is 0 Å². The molecule has 1 heterocycles. The number of rotatable bonds is 3. The van der Waals surface area contributed by atoms with Crippen molar-refractivity contribution in [3.63, 3.8) is 0 Å². The van der Waals surface area contributed by atoms with Crippen LogP contribution in [0.5, 0.6) is 0 Å². The molecule has 1 unspecified atom stereocenters. The average molecular weight is 207 g/mol. The van der Waals surface area contributed by atoms with E-state index in [9.17, 15) is 4.79 Å². The van der Waals surface area contributed by atoms with Gasteiger partial charge in [0.1, 0.15) is 0 Å². The van der Waals surface area contributed by atoms with Gasteiger partial charge in [0, 0.05) is 31.5 Å². The van der Waals surface area contributed by atoms with Gasteiger partial charge in [0.25, 0.3) is 5.91 Å². The maximum absolute atomic E-state index is 11.8. The van der Waals surface area contributed by atoms with Crippen LogP contribution in [0.3, 0.4) is 0 Å². The topological polar surface area (TPSA) is 59.2 Å². The minimum atomic E-state index is -0.0419. The maximum Gasteiger partial charge on any atom is 0.255 e. The van der Waals surface area contributed by atoms with Crippen molar-refractivity contribution in [1.29, 1.82) is 0 Å². The van der Waals surface area contributed by atoms with Gasteiger partial charge < -0.3 is 10.6 Å². The Bertz CT molecular complexity index is 332. The number of nitrogens with zero attached hydrogens (tertiary/aromatic N) is 2. The summed E-state index contributed by atoms with van der Waals surface area (Å²) >= 11 is 0. The Morgan fingerprint density at radius 1 is 1.60 bits per heavy atom. The third kappa shape index (κ3) is 3.32. The molecule has 1 amide bonds. The standard InChI is InChI=1S/C11H17N3O/c1-8(12)7-14(3)11(15)10-5-4-9(2)13-6-10/h4-6,8H,7,12H2,1-3H3. The van der Waals surface area contributed by atoms with E-state index in [-0.39, 0.29) is 11.9 Å². The zero-order valence-corrected chi connectivity index (χ0v) is 9.40. The Morgan fingerprint density at radius 2 is 2.27 bits per heavy atom. The lowest BCUT2D eigenvalue weighted by atomic mass is 10.2. The van der Waals surface area contributed by atoms with Crippen LogP contribution in [-0.2, 0) is 0 Å². The number of likely N-dealkylation sites (N-methyl/N-ethyl adjacent to an activating group) is 1. The van der Waals surface area contributed by atoms with E-state index in [0.29, 0.717) is 12.1 Å². The molecule has 2 N–H and O–H groups in total. The Morgan fingerprint density at radius 3 is 2.73 bits per heavy atom. The smallest absolute Gasteiger partial charge is 0.255 e. The molecule has 0 saturated heterocycles. The molecule has 0 bridgehead atoms. The predicted molar refractivity (Wildman–Crippen MR) is 59.6 cm³/mol. The summed E-state index contributed by atoms with van der Waals surface area (Å²) in [5.74, 6) is -0.0419. The molecule has 4 heteroatoms. The average Bonchev–Trinajstić information content (AvgIpc) is 2.17. The van der Waals surface area contributed by atoms with Crippen LogP contribution in [0.2, 0.25) is 0 Å². The van der Waals surface area contributed by atoms with Crippen molar-refractivity contribution in [2.45, 2.75) is 19.9 Å². The Hall–Kier alpha value is -1.42. The number of hydrogen-bond donors (Lipinski definition) is 1. The molecule has 0 aliphatic heterocycles. The maximum atomic E-state index is 11.8. The number of carbonyl (C=O) groups excluding carboxylic acids is 1. The van der Waals surface area contributed by atoms with Gasteiger partial charge in [-0.2, -0.15) is 0 Å². The van der Waals surface area contributed by atoms with Gasteiger partial charge in [-0.25, -0.2) is 0 Å². The molecule has 82 valence electrons. The lowest BCUT2D eigenvalue weighted by Gasteiger charge is -2.19. The molecule has 0 fully saturated rings. The quantitative estimate of drug-likeness (QED) is 0.798.